The van der Waals surface area contributed by atoms with Gasteiger partial charge in [0.1, 0.15) is 0 Å². The number of carbonyl (C=O) groups excluding carboxylic acids is 1. The van der Waals surface area contributed by atoms with E-state index >= 15 is 0 Å². The SMILES string of the molecule is CCNC(=NCCCOCC1CCOC1)NCCC(=O)NC1CCCCC1.I. The Bertz CT molecular complexity index is 439. The van der Waals surface area contributed by atoms with E-state index in [1.54, 1.807) is 0 Å². The quantitative estimate of drug-likeness (QED) is 0.172. The first kappa shape index (κ1) is 25.4. The summed E-state index contributed by atoms with van der Waals surface area (Å²) in [5.41, 5.74) is 0. The van der Waals surface area contributed by atoms with E-state index in [1.165, 1.54) is 19.3 Å². The van der Waals surface area contributed by atoms with Crippen LogP contribution in [0.25, 0.3) is 0 Å². The zero-order valence-corrected chi connectivity index (χ0v) is 19.7. The Labute approximate surface area is 187 Å². The van der Waals surface area contributed by atoms with Gasteiger partial charge in [0, 0.05) is 51.2 Å². The molecule has 2 aliphatic rings. The lowest BCUT2D eigenvalue weighted by Crippen LogP contribution is -2.41. The van der Waals surface area contributed by atoms with Crippen LogP contribution in [0.3, 0.4) is 0 Å². The van der Waals surface area contributed by atoms with Crippen molar-refractivity contribution >= 4 is 35.8 Å². The van der Waals surface area contributed by atoms with E-state index in [9.17, 15) is 4.79 Å². The molecule has 1 aliphatic carbocycles. The molecule has 0 aromatic heterocycles. The predicted octanol–water partition coefficient (Wildman–Crippen LogP) is 2.44. The van der Waals surface area contributed by atoms with Crippen molar-refractivity contribution in [2.45, 2.75) is 64.3 Å². The van der Waals surface area contributed by atoms with E-state index in [2.05, 4.69) is 20.9 Å². The summed E-state index contributed by atoms with van der Waals surface area (Å²) >= 11 is 0. The molecule has 1 amide bonds. The molecule has 7 nitrogen and oxygen atoms in total. The van der Waals surface area contributed by atoms with E-state index in [4.69, 9.17) is 9.47 Å². The maximum absolute atomic E-state index is 12.1. The number of aliphatic imine (C=N–C) groups is 1. The lowest BCUT2D eigenvalue weighted by molar-refractivity contribution is -0.121. The topological polar surface area (TPSA) is 84.0 Å². The van der Waals surface area contributed by atoms with Crippen molar-refractivity contribution in [3.63, 3.8) is 0 Å². The minimum absolute atomic E-state index is 0. The minimum atomic E-state index is 0. The molecule has 1 saturated heterocycles. The first-order chi connectivity index (χ1) is 13.3. The summed E-state index contributed by atoms with van der Waals surface area (Å²) < 4.78 is 11.0. The highest BCUT2D eigenvalue weighted by atomic mass is 127. The number of guanidine groups is 1. The van der Waals surface area contributed by atoms with Crippen molar-refractivity contribution in [3.05, 3.63) is 0 Å². The highest BCUT2D eigenvalue weighted by Crippen LogP contribution is 2.17. The fourth-order valence-electron chi connectivity index (χ4n) is 3.51. The number of ether oxygens (including phenoxy) is 2. The third kappa shape index (κ3) is 11.4. The second-order valence-corrected chi connectivity index (χ2v) is 7.50. The molecular weight excluding hydrogens is 471 g/mol. The van der Waals surface area contributed by atoms with Crippen LogP contribution in [0.1, 0.15) is 58.3 Å². The largest absolute Gasteiger partial charge is 0.381 e. The van der Waals surface area contributed by atoms with Crippen molar-refractivity contribution < 1.29 is 14.3 Å². The molecule has 0 aromatic rings. The zero-order chi connectivity index (χ0) is 19.2. The normalized spacial score (nSPS) is 20.5. The van der Waals surface area contributed by atoms with Gasteiger partial charge in [0.15, 0.2) is 5.96 Å². The smallest absolute Gasteiger partial charge is 0.221 e. The van der Waals surface area contributed by atoms with Gasteiger partial charge < -0.3 is 25.4 Å². The number of halogens is 1. The van der Waals surface area contributed by atoms with Crippen LogP contribution in [0.2, 0.25) is 0 Å². The highest BCUT2D eigenvalue weighted by Gasteiger charge is 2.16. The molecule has 1 heterocycles. The Kier molecular flexibility index (Phi) is 14.7. The Morgan fingerprint density at radius 3 is 2.71 bits per heavy atom. The van der Waals surface area contributed by atoms with E-state index in [1.807, 2.05) is 6.92 Å². The van der Waals surface area contributed by atoms with Gasteiger partial charge in [-0.15, -0.1) is 24.0 Å². The van der Waals surface area contributed by atoms with Gasteiger partial charge in [0.25, 0.3) is 0 Å². The van der Waals surface area contributed by atoms with Crippen molar-refractivity contribution in [2.75, 3.05) is 46.1 Å². The molecule has 1 unspecified atom stereocenters. The third-order valence-electron chi connectivity index (χ3n) is 5.05. The van der Waals surface area contributed by atoms with Gasteiger partial charge in [-0.2, -0.15) is 0 Å². The summed E-state index contributed by atoms with van der Waals surface area (Å²) in [6.45, 7) is 7.38. The number of hydrogen-bond donors (Lipinski definition) is 3. The maximum Gasteiger partial charge on any atom is 0.221 e. The van der Waals surface area contributed by atoms with E-state index in [-0.39, 0.29) is 29.9 Å². The molecular formula is C20H39IN4O3. The van der Waals surface area contributed by atoms with Gasteiger partial charge in [-0.25, -0.2) is 0 Å². The molecule has 1 atom stereocenters. The van der Waals surface area contributed by atoms with Crippen LogP contribution in [-0.4, -0.2) is 64.0 Å². The highest BCUT2D eigenvalue weighted by molar-refractivity contribution is 14.0. The molecule has 8 heteroatoms. The Morgan fingerprint density at radius 1 is 1.18 bits per heavy atom. The average Bonchev–Trinajstić information content (AvgIpc) is 3.18. The number of nitrogens with one attached hydrogen (secondary N) is 3. The summed E-state index contributed by atoms with van der Waals surface area (Å²) in [4.78, 5) is 16.6. The minimum Gasteiger partial charge on any atom is -0.381 e. The van der Waals surface area contributed by atoms with E-state index in [0.29, 0.717) is 31.5 Å². The van der Waals surface area contributed by atoms with Crippen LogP contribution in [-0.2, 0) is 14.3 Å². The lowest BCUT2D eigenvalue weighted by atomic mass is 9.95. The molecule has 1 saturated carbocycles. The summed E-state index contributed by atoms with van der Waals surface area (Å²) in [6.07, 6.45) is 8.51. The van der Waals surface area contributed by atoms with Crippen molar-refractivity contribution in [2.24, 2.45) is 10.9 Å². The molecule has 0 bridgehead atoms. The number of amides is 1. The number of rotatable bonds is 11. The maximum atomic E-state index is 12.1. The molecule has 2 fully saturated rings. The van der Waals surface area contributed by atoms with Gasteiger partial charge in [-0.05, 0) is 32.6 Å². The predicted molar refractivity (Wildman–Crippen MR) is 123 cm³/mol. The van der Waals surface area contributed by atoms with Gasteiger partial charge in [-0.3, -0.25) is 9.79 Å². The summed E-state index contributed by atoms with van der Waals surface area (Å²) in [5, 5.41) is 9.62. The Morgan fingerprint density at radius 2 is 2.00 bits per heavy atom. The van der Waals surface area contributed by atoms with Crippen LogP contribution in [0.5, 0.6) is 0 Å². The molecule has 3 N–H and O–H groups in total. The molecule has 2 rings (SSSR count). The van der Waals surface area contributed by atoms with Gasteiger partial charge in [0.05, 0.1) is 13.2 Å². The Balaban J connectivity index is 0.00000392. The zero-order valence-electron chi connectivity index (χ0n) is 17.3. The fraction of sp³-hybridized carbons (Fsp3) is 0.900. The Hall–Kier alpha value is -0.610. The second-order valence-electron chi connectivity index (χ2n) is 7.50. The lowest BCUT2D eigenvalue weighted by Gasteiger charge is -2.22. The number of carbonyl (C=O) groups is 1. The van der Waals surface area contributed by atoms with Crippen LogP contribution >= 0.6 is 24.0 Å². The van der Waals surface area contributed by atoms with Crippen LogP contribution in [0.15, 0.2) is 4.99 Å². The summed E-state index contributed by atoms with van der Waals surface area (Å²) in [5.74, 6) is 1.47. The molecule has 0 radical (unpaired) electrons. The molecule has 164 valence electrons. The monoisotopic (exact) mass is 510 g/mol. The van der Waals surface area contributed by atoms with E-state index < -0.39 is 0 Å². The summed E-state index contributed by atoms with van der Waals surface area (Å²) in [6, 6.07) is 0.379. The second kappa shape index (κ2) is 16.2. The molecule has 0 aromatic carbocycles. The molecule has 0 spiro atoms. The van der Waals surface area contributed by atoms with E-state index in [0.717, 1.165) is 64.6 Å². The van der Waals surface area contributed by atoms with Crippen molar-refractivity contribution in [1.82, 2.24) is 16.0 Å². The van der Waals surface area contributed by atoms with Crippen molar-refractivity contribution in [1.29, 1.82) is 0 Å². The first-order valence-electron chi connectivity index (χ1n) is 10.7. The standard InChI is InChI=1S/C20H38N4O3.HI/c1-2-21-20(22-11-6-13-26-15-17-10-14-27-16-17)23-12-9-19(25)24-18-7-4-3-5-8-18;/h17-18H,2-16H2,1H3,(H,24,25)(H2,21,22,23);1H. The average molecular weight is 510 g/mol. The molecule has 1 aliphatic heterocycles. The van der Waals surface area contributed by atoms with Crippen molar-refractivity contribution in [3.8, 4) is 0 Å². The van der Waals surface area contributed by atoms with Crippen LogP contribution in [0, 0.1) is 5.92 Å². The van der Waals surface area contributed by atoms with Crippen LogP contribution in [0.4, 0.5) is 0 Å². The third-order valence-corrected chi connectivity index (χ3v) is 5.05. The molecule has 28 heavy (non-hydrogen) atoms. The number of hydrogen-bond acceptors (Lipinski definition) is 4. The van der Waals surface area contributed by atoms with Crippen LogP contribution < -0.4 is 16.0 Å². The fourth-order valence-corrected chi connectivity index (χ4v) is 3.51. The van der Waals surface area contributed by atoms with Gasteiger partial charge >= 0.3 is 0 Å². The number of nitrogens with zero attached hydrogens (tertiary/aromatic N) is 1. The first-order valence-corrected chi connectivity index (χ1v) is 10.7. The summed E-state index contributed by atoms with van der Waals surface area (Å²) in [7, 11) is 0. The van der Waals surface area contributed by atoms with Gasteiger partial charge in [-0.1, -0.05) is 19.3 Å². The van der Waals surface area contributed by atoms with Gasteiger partial charge in [0.2, 0.25) is 5.91 Å².